The highest BCUT2D eigenvalue weighted by molar-refractivity contribution is 9.09. The smallest absolute Gasteiger partial charge is 0.251 e. The molecule has 4 nitrogen and oxygen atoms in total. The predicted molar refractivity (Wildman–Crippen MR) is 101 cm³/mol. The Hall–Kier alpha value is -1.85. The fraction of sp³-hybridized carbons (Fsp3) is 0.316. The molecule has 2 aromatic carbocycles. The van der Waals surface area contributed by atoms with Crippen LogP contribution < -0.4 is 15.8 Å². The van der Waals surface area contributed by atoms with Crippen LogP contribution >= 0.6 is 15.9 Å². The maximum absolute atomic E-state index is 12.2. The SMILES string of the molecule is NCCc1cccc(C(=O)NCc2ccc(OCCCBr)cc2)c1. The van der Waals surface area contributed by atoms with Crippen LogP contribution in [0.4, 0.5) is 0 Å². The average Bonchev–Trinajstić information content (AvgIpc) is 2.61. The molecular weight excluding hydrogens is 368 g/mol. The molecule has 0 fully saturated rings. The number of nitrogens with one attached hydrogen (secondary N) is 1. The van der Waals surface area contributed by atoms with Gasteiger partial charge in [-0.1, -0.05) is 40.2 Å². The van der Waals surface area contributed by atoms with Gasteiger partial charge in [-0.25, -0.2) is 0 Å². The van der Waals surface area contributed by atoms with Crippen LogP contribution in [0.3, 0.4) is 0 Å². The second-order valence-corrected chi connectivity index (χ2v) is 6.25. The van der Waals surface area contributed by atoms with Gasteiger partial charge in [-0.05, 0) is 54.8 Å². The van der Waals surface area contributed by atoms with Crippen molar-refractivity contribution in [2.75, 3.05) is 18.5 Å². The van der Waals surface area contributed by atoms with E-state index < -0.39 is 0 Å². The Kier molecular flexibility index (Phi) is 7.79. The second-order valence-electron chi connectivity index (χ2n) is 5.46. The molecule has 128 valence electrons. The zero-order valence-corrected chi connectivity index (χ0v) is 15.2. The number of rotatable bonds is 9. The van der Waals surface area contributed by atoms with Gasteiger partial charge in [0.1, 0.15) is 5.75 Å². The van der Waals surface area contributed by atoms with E-state index in [9.17, 15) is 4.79 Å². The van der Waals surface area contributed by atoms with Crippen molar-refractivity contribution in [1.29, 1.82) is 0 Å². The largest absolute Gasteiger partial charge is 0.494 e. The Balaban J connectivity index is 1.86. The minimum absolute atomic E-state index is 0.0773. The average molecular weight is 391 g/mol. The lowest BCUT2D eigenvalue weighted by atomic mass is 10.1. The van der Waals surface area contributed by atoms with Gasteiger partial charge in [0, 0.05) is 17.4 Å². The van der Waals surface area contributed by atoms with Crippen LogP contribution in [0.5, 0.6) is 5.75 Å². The Morgan fingerprint density at radius 3 is 2.62 bits per heavy atom. The first-order valence-electron chi connectivity index (χ1n) is 8.08. The lowest BCUT2D eigenvalue weighted by Gasteiger charge is -2.08. The number of benzene rings is 2. The predicted octanol–water partition coefficient (Wildman–Crippen LogP) is 3.28. The fourth-order valence-electron chi connectivity index (χ4n) is 2.27. The third-order valence-electron chi connectivity index (χ3n) is 3.55. The number of hydrogen-bond acceptors (Lipinski definition) is 3. The Morgan fingerprint density at radius 2 is 1.92 bits per heavy atom. The summed E-state index contributed by atoms with van der Waals surface area (Å²) in [5, 5.41) is 3.87. The highest BCUT2D eigenvalue weighted by Gasteiger charge is 2.06. The summed E-state index contributed by atoms with van der Waals surface area (Å²) in [4.78, 5) is 12.2. The van der Waals surface area contributed by atoms with Crippen LogP contribution in [-0.4, -0.2) is 24.4 Å². The molecule has 0 aliphatic heterocycles. The number of ether oxygens (including phenoxy) is 1. The molecule has 0 saturated heterocycles. The normalized spacial score (nSPS) is 10.4. The van der Waals surface area contributed by atoms with E-state index in [-0.39, 0.29) is 5.91 Å². The minimum atomic E-state index is -0.0773. The maximum Gasteiger partial charge on any atom is 0.251 e. The first-order chi connectivity index (χ1) is 11.7. The van der Waals surface area contributed by atoms with Crippen molar-refractivity contribution in [2.45, 2.75) is 19.4 Å². The van der Waals surface area contributed by atoms with E-state index in [0.717, 1.165) is 35.0 Å². The quantitative estimate of drug-likeness (QED) is 0.509. The van der Waals surface area contributed by atoms with Crippen molar-refractivity contribution in [3.8, 4) is 5.75 Å². The molecule has 0 unspecified atom stereocenters. The molecule has 0 aliphatic rings. The molecule has 0 aromatic heterocycles. The van der Waals surface area contributed by atoms with Crippen LogP contribution in [0, 0.1) is 0 Å². The number of carbonyl (C=O) groups excluding carboxylic acids is 1. The van der Waals surface area contributed by atoms with Crippen LogP contribution in [0.2, 0.25) is 0 Å². The molecule has 0 radical (unpaired) electrons. The molecule has 0 atom stereocenters. The van der Waals surface area contributed by atoms with Gasteiger partial charge in [0.2, 0.25) is 0 Å². The zero-order valence-electron chi connectivity index (χ0n) is 13.6. The maximum atomic E-state index is 12.2. The van der Waals surface area contributed by atoms with Gasteiger partial charge in [0.25, 0.3) is 5.91 Å². The first-order valence-corrected chi connectivity index (χ1v) is 9.20. The first kappa shape index (κ1) is 18.5. The summed E-state index contributed by atoms with van der Waals surface area (Å²) in [6.45, 7) is 1.76. The number of amides is 1. The molecule has 2 aromatic rings. The molecule has 0 spiro atoms. The standard InChI is InChI=1S/C19H23BrN2O2/c20-10-2-12-24-18-7-5-16(6-8-18)14-22-19(23)17-4-1-3-15(13-17)9-11-21/h1,3-8,13H,2,9-12,14,21H2,(H,22,23). The van der Waals surface area contributed by atoms with E-state index in [1.165, 1.54) is 0 Å². The number of carbonyl (C=O) groups is 1. The van der Waals surface area contributed by atoms with E-state index in [1.807, 2.05) is 48.5 Å². The van der Waals surface area contributed by atoms with Crippen molar-refractivity contribution < 1.29 is 9.53 Å². The van der Waals surface area contributed by atoms with E-state index >= 15 is 0 Å². The van der Waals surface area contributed by atoms with E-state index in [2.05, 4.69) is 21.2 Å². The van der Waals surface area contributed by atoms with Crippen molar-refractivity contribution in [2.24, 2.45) is 5.73 Å². The van der Waals surface area contributed by atoms with Crippen LogP contribution in [0.25, 0.3) is 0 Å². The zero-order chi connectivity index (χ0) is 17.2. The van der Waals surface area contributed by atoms with Gasteiger partial charge in [-0.3, -0.25) is 4.79 Å². The minimum Gasteiger partial charge on any atom is -0.494 e. The summed E-state index contributed by atoms with van der Waals surface area (Å²) in [5.74, 6) is 0.770. The molecule has 3 N–H and O–H groups in total. The summed E-state index contributed by atoms with van der Waals surface area (Å²) in [6.07, 6.45) is 1.75. The highest BCUT2D eigenvalue weighted by atomic mass is 79.9. The van der Waals surface area contributed by atoms with Crippen LogP contribution in [-0.2, 0) is 13.0 Å². The van der Waals surface area contributed by atoms with E-state index in [0.29, 0.717) is 25.3 Å². The van der Waals surface area contributed by atoms with E-state index in [4.69, 9.17) is 10.5 Å². The summed E-state index contributed by atoms with van der Waals surface area (Å²) >= 11 is 3.37. The lowest BCUT2D eigenvalue weighted by Crippen LogP contribution is -2.22. The summed E-state index contributed by atoms with van der Waals surface area (Å²) in [5.41, 5.74) is 8.34. The monoisotopic (exact) mass is 390 g/mol. The summed E-state index contributed by atoms with van der Waals surface area (Å²) in [6, 6.07) is 15.4. The molecule has 0 heterocycles. The van der Waals surface area contributed by atoms with Crippen LogP contribution in [0.1, 0.15) is 27.9 Å². The van der Waals surface area contributed by atoms with Gasteiger partial charge >= 0.3 is 0 Å². The van der Waals surface area contributed by atoms with Gasteiger partial charge in [-0.2, -0.15) is 0 Å². The third kappa shape index (κ3) is 5.98. The highest BCUT2D eigenvalue weighted by Crippen LogP contribution is 2.13. The third-order valence-corrected chi connectivity index (χ3v) is 4.11. The van der Waals surface area contributed by atoms with Crippen molar-refractivity contribution in [3.05, 3.63) is 65.2 Å². The Bertz CT molecular complexity index is 644. The molecule has 5 heteroatoms. The van der Waals surface area contributed by atoms with Gasteiger partial charge in [-0.15, -0.1) is 0 Å². The van der Waals surface area contributed by atoms with Gasteiger partial charge in [0.15, 0.2) is 0 Å². The van der Waals surface area contributed by atoms with Crippen molar-refractivity contribution >= 4 is 21.8 Å². The fourth-order valence-corrected chi connectivity index (χ4v) is 2.50. The molecular formula is C19H23BrN2O2. The summed E-state index contributed by atoms with van der Waals surface area (Å²) < 4.78 is 5.60. The lowest BCUT2D eigenvalue weighted by molar-refractivity contribution is 0.0951. The number of nitrogens with two attached hydrogens (primary N) is 1. The topological polar surface area (TPSA) is 64.4 Å². The second kappa shape index (κ2) is 10.1. The number of halogens is 1. The Morgan fingerprint density at radius 1 is 1.12 bits per heavy atom. The molecule has 0 aliphatic carbocycles. The summed E-state index contributed by atoms with van der Waals surface area (Å²) in [7, 11) is 0. The molecule has 0 bridgehead atoms. The molecule has 1 amide bonds. The Labute approximate surface area is 151 Å². The van der Waals surface area contributed by atoms with Crippen molar-refractivity contribution in [1.82, 2.24) is 5.32 Å². The van der Waals surface area contributed by atoms with Crippen molar-refractivity contribution in [3.63, 3.8) is 0 Å². The molecule has 2 rings (SSSR count). The van der Waals surface area contributed by atoms with E-state index in [1.54, 1.807) is 0 Å². The van der Waals surface area contributed by atoms with Gasteiger partial charge < -0.3 is 15.8 Å². The number of alkyl halides is 1. The van der Waals surface area contributed by atoms with Crippen LogP contribution in [0.15, 0.2) is 48.5 Å². The molecule has 24 heavy (non-hydrogen) atoms. The molecule has 0 saturated carbocycles. The number of hydrogen-bond donors (Lipinski definition) is 2. The van der Waals surface area contributed by atoms with Gasteiger partial charge in [0.05, 0.1) is 6.61 Å².